The van der Waals surface area contributed by atoms with Crippen molar-refractivity contribution in [1.82, 2.24) is 30.1 Å². The maximum Gasteiger partial charge on any atom is 0.252 e. The number of nitrogens with zero attached hydrogens (tertiary/aromatic N) is 5. The van der Waals surface area contributed by atoms with Gasteiger partial charge in [-0.3, -0.25) is 9.69 Å². The van der Waals surface area contributed by atoms with E-state index in [0.29, 0.717) is 31.0 Å². The van der Waals surface area contributed by atoms with Crippen LogP contribution in [0.3, 0.4) is 0 Å². The number of aryl methyl sites for hydroxylation is 2. The molecule has 0 amide bonds. The van der Waals surface area contributed by atoms with E-state index in [4.69, 9.17) is 8.83 Å². The van der Waals surface area contributed by atoms with Gasteiger partial charge >= 0.3 is 0 Å². The monoisotopic (exact) mass is 472 g/mol. The lowest BCUT2D eigenvalue weighted by Gasteiger charge is -2.29. The van der Waals surface area contributed by atoms with E-state index in [2.05, 4.69) is 45.3 Å². The van der Waals surface area contributed by atoms with Crippen LogP contribution in [0.5, 0.6) is 0 Å². The van der Waals surface area contributed by atoms with E-state index >= 15 is 0 Å². The molecule has 9 heteroatoms. The number of benzene rings is 1. The molecule has 9 nitrogen and oxygen atoms in total. The van der Waals surface area contributed by atoms with Crippen LogP contribution in [0.1, 0.15) is 53.4 Å². The topological polar surface area (TPSA) is 106 Å². The van der Waals surface area contributed by atoms with Crippen molar-refractivity contribution in [1.29, 1.82) is 0 Å². The fourth-order valence-corrected chi connectivity index (χ4v) is 4.45. The first-order chi connectivity index (χ1) is 17.0. The number of tetrazole rings is 1. The summed E-state index contributed by atoms with van der Waals surface area (Å²) in [6.45, 7) is 7.55. The number of hydrogen-bond acceptors (Lipinski definition) is 7. The molecule has 4 aromatic heterocycles. The fourth-order valence-electron chi connectivity index (χ4n) is 4.45. The Kier molecular flexibility index (Phi) is 6.33. The number of hydrogen-bond donors (Lipinski definition) is 1. The number of pyridine rings is 1. The predicted octanol–water partition coefficient (Wildman–Crippen LogP) is 4.52. The highest BCUT2D eigenvalue weighted by Gasteiger charge is 2.27. The average Bonchev–Trinajstić information content (AvgIpc) is 3.61. The summed E-state index contributed by atoms with van der Waals surface area (Å²) in [5.74, 6) is 2.28. The molecule has 5 rings (SSSR count). The Morgan fingerprint density at radius 3 is 2.49 bits per heavy atom. The Morgan fingerprint density at radius 1 is 1.03 bits per heavy atom. The number of fused-ring (bicyclic) bond motifs is 1. The van der Waals surface area contributed by atoms with Crippen LogP contribution in [0.2, 0.25) is 0 Å². The molecular weight excluding hydrogens is 444 g/mol. The number of aromatic nitrogens is 5. The second kappa shape index (κ2) is 9.71. The standard InChI is InChI=1S/C26H28N6O3/c1-4-24(25-28-29-30-32(25)16-22-8-6-10-35-22)31(15-21-7-5-9-34-21)14-20-13-19-11-17(2)18(3)12-23(19)27-26(20)33/h5-13,24H,4,14-16H2,1-3H3,(H,27,33)/t24-/m1/s1. The SMILES string of the molecule is CC[C@H](c1nnnn1Cc1ccco1)N(Cc1ccco1)Cc1cc2cc(C)c(C)cc2[nH]c1=O. The van der Waals surface area contributed by atoms with Crippen LogP contribution < -0.4 is 5.56 Å². The molecule has 0 saturated heterocycles. The number of H-pyrrole nitrogens is 1. The molecule has 180 valence electrons. The molecule has 1 aromatic carbocycles. The largest absolute Gasteiger partial charge is 0.468 e. The molecular formula is C26H28N6O3. The van der Waals surface area contributed by atoms with Crippen molar-refractivity contribution in [2.24, 2.45) is 0 Å². The smallest absolute Gasteiger partial charge is 0.252 e. The summed E-state index contributed by atoms with van der Waals surface area (Å²) < 4.78 is 12.9. The molecule has 1 atom stereocenters. The molecule has 0 aliphatic carbocycles. The van der Waals surface area contributed by atoms with Crippen LogP contribution in [0.4, 0.5) is 0 Å². The fraction of sp³-hybridized carbons (Fsp3) is 0.308. The van der Waals surface area contributed by atoms with Crippen molar-refractivity contribution >= 4 is 10.9 Å². The third-order valence-corrected chi connectivity index (χ3v) is 6.42. The number of furan rings is 2. The van der Waals surface area contributed by atoms with Gasteiger partial charge in [-0.1, -0.05) is 6.92 Å². The van der Waals surface area contributed by atoms with E-state index < -0.39 is 0 Å². The van der Waals surface area contributed by atoms with Gasteiger partial charge in [-0.2, -0.15) is 0 Å². The molecule has 4 heterocycles. The summed E-state index contributed by atoms with van der Waals surface area (Å²) in [5, 5.41) is 13.5. The van der Waals surface area contributed by atoms with Gasteiger partial charge in [-0.25, -0.2) is 4.68 Å². The summed E-state index contributed by atoms with van der Waals surface area (Å²) in [5.41, 5.74) is 3.75. The summed E-state index contributed by atoms with van der Waals surface area (Å²) in [7, 11) is 0. The van der Waals surface area contributed by atoms with Crippen molar-refractivity contribution in [3.63, 3.8) is 0 Å². The number of nitrogens with one attached hydrogen (secondary N) is 1. The summed E-state index contributed by atoms with van der Waals surface area (Å²) >= 11 is 0. The number of rotatable bonds is 9. The van der Waals surface area contributed by atoms with Gasteiger partial charge in [0.1, 0.15) is 18.1 Å². The van der Waals surface area contributed by atoms with E-state index in [0.717, 1.165) is 34.4 Å². The van der Waals surface area contributed by atoms with Gasteiger partial charge in [0.15, 0.2) is 5.82 Å². The van der Waals surface area contributed by atoms with Crippen LogP contribution >= 0.6 is 0 Å². The van der Waals surface area contributed by atoms with Crippen molar-refractivity contribution in [3.05, 3.63) is 99.4 Å². The predicted molar refractivity (Wildman–Crippen MR) is 131 cm³/mol. The average molecular weight is 473 g/mol. The van der Waals surface area contributed by atoms with E-state index in [-0.39, 0.29) is 11.6 Å². The third kappa shape index (κ3) is 4.81. The molecule has 0 saturated carbocycles. The lowest BCUT2D eigenvalue weighted by Crippen LogP contribution is -2.32. The Bertz CT molecular complexity index is 1470. The highest BCUT2D eigenvalue weighted by molar-refractivity contribution is 5.80. The van der Waals surface area contributed by atoms with Gasteiger partial charge in [0, 0.05) is 17.6 Å². The molecule has 0 radical (unpaired) electrons. The summed E-state index contributed by atoms with van der Waals surface area (Å²) in [4.78, 5) is 18.3. The zero-order valence-electron chi connectivity index (χ0n) is 20.1. The van der Waals surface area contributed by atoms with Crippen LogP contribution in [0.15, 0.2) is 68.6 Å². The first kappa shape index (κ1) is 22.8. The first-order valence-electron chi connectivity index (χ1n) is 11.7. The molecule has 5 aromatic rings. The molecule has 0 spiro atoms. The lowest BCUT2D eigenvalue weighted by atomic mass is 10.0. The minimum Gasteiger partial charge on any atom is -0.468 e. The maximum absolute atomic E-state index is 13.1. The zero-order valence-corrected chi connectivity index (χ0v) is 20.1. The van der Waals surface area contributed by atoms with E-state index in [1.807, 2.05) is 43.3 Å². The Balaban J connectivity index is 1.52. The molecule has 0 bridgehead atoms. The highest BCUT2D eigenvalue weighted by atomic mass is 16.3. The normalized spacial score (nSPS) is 12.6. The molecule has 0 fully saturated rings. The second-order valence-electron chi connectivity index (χ2n) is 8.83. The Labute approximate surface area is 202 Å². The third-order valence-electron chi connectivity index (χ3n) is 6.42. The van der Waals surface area contributed by atoms with E-state index in [1.165, 1.54) is 5.56 Å². The van der Waals surface area contributed by atoms with Crippen LogP contribution in [-0.4, -0.2) is 30.1 Å². The van der Waals surface area contributed by atoms with E-state index in [1.54, 1.807) is 17.2 Å². The van der Waals surface area contributed by atoms with Crippen LogP contribution in [-0.2, 0) is 19.6 Å². The second-order valence-corrected chi connectivity index (χ2v) is 8.83. The van der Waals surface area contributed by atoms with Crippen molar-refractivity contribution in [2.75, 3.05) is 0 Å². The summed E-state index contributed by atoms with van der Waals surface area (Å²) in [6, 6.07) is 13.5. The Morgan fingerprint density at radius 2 is 1.77 bits per heavy atom. The maximum atomic E-state index is 13.1. The molecule has 0 aliphatic heterocycles. The molecule has 0 aliphatic rings. The van der Waals surface area contributed by atoms with Crippen LogP contribution in [0.25, 0.3) is 10.9 Å². The van der Waals surface area contributed by atoms with Gasteiger partial charge in [-0.05, 0) is 89.7 Å². The van der Waals surface area contributed by atoms with Gasteiger partial charge in [0.25, 0.3) is 5.56 Å². The van der Waals surface area contributed by atoms with Crippen molar-refractivity contribution in [3.8, 4) is 0 Å². The van der Waals surface area contributed by atoms with Crippen molar-refractivity contribution in [2.45, 2.75) is 52.9 Å². The van der Waals surface area contributed by atoms with Crippen LogP contribution in [0, 0.1) is 13.8 Å². The van der Waals surface area contributed by atoms with Crippen molar-refractivity contribution < 1.29 is 8.83 Å². The summed E-state index contributed by atoms with van der Waals surface area (Å²) in [6.07, 6.45) is 4.03. The lowest BCUT2D eigenvalue weighted by molar-refractivity contribution is 0.149. The van der Waals surface area contributed by atoms with Gasteiger partial charge in [0.2, 0.25) is 0 Å². The quantitative estimate of drug-likeness (QED) is 0.336. The van der Waals surface area contributed by atoms with Gasteiger partial charge < -0.3 is 13.8 Å². The molecule has 1 N–H and O–H groups in total. The molecule has 0 unspecified atom stereocenters. The first-order valence-corrected chi connectivity index (χ1v) is 11.7. The highest BCUT2D eigenvalue weighted by Crippen LogP contribution is 2.27. The van der Waals surface area contributed by atoms with Gasteiger partial charge in [-0.15, -0.1) is 5.10 Å². The number of aromatic amines is 1. The minimum atomic E-state index is -0.153. The molecule has 35 heavy (non-hydrogen) atoms. The van der Waals surface area contributed by atoms with Gasteiger partial charge in [0.05, 0.1) is 25.1 Å². The zero-order chi connectivity index (χ0) is 24.4. The van der Waals surface area contributed by atoms with E-state index in [9.17, 15) is 4.79 Å². The minimum absolute atomic E-state index is 0.102. The Hall–Kier alpha value is -3.98.